The van der Waals surface area contributed by atoms with Gasteiger partial charge in [-0.15, -0.1) is 22.7 Å². The van der Waals surface area contributed by atoms with Crippen LogP contribution in [0.4, 0.5) is 0 Å². The van der Waals surface area contributed by atoms with Crippen molar-refractivity contribution in [1.29, 1.82) is 0 Å². The molecule has 0 aliphatic carbocycles. The molecule has 138 valence electrons. The van der Waals surface area contributed by atoms with Crippen LogP contribution in [0.3, 0.4) is 0 Å². The second-order valence-electron chi connectivity index (χ2n) is 6.09. The Hall–Kier alpha value is -2.22. The van der Waals surface area contributed by atoms with E-state index in [1.807, 2.05) is 29.2 Å². The average Bonchev–Trinajstić information content (AvgIpc) is 3.44. The molecule has 3 aromatic rings. The summed E-state index contributed by atoms with van der Waals surface area (Å²) in [5, 5.41) is 4.69. The lowest BCUT2D eigenvalue weighted by Crippen LogP contribution is -2.34. The van der Waals surface area contributed by atoms with Crippen molar-refractivity contribution in [3.8, 4) is 0 Å². The van der Waals surface area contributed by atoms with Gasteiger partial charge in [-0.2, -0.15) is 0 Å². The third-order valence-electron chi connectivity index (χ3n) is 4.36. The molecule has 4 rings (SSSR count). The average molecular weight is 415 g/mol. The summed E-state index contributed by atoms with van der Waals surface area (Å²) >= 11 is 9.09. The van der Waals surface area contributed by atoms with E-state index in [-0.39, 0.29) is 5.91 Å². The van der Waals surface area contributed by atoms with Crippen molar-refractivity contribution in [1.82, 2.24) is 9.80 Å². The van der Waals surface area contributed by atoms with E-state index in [4.69, 9.17) is 16.6 Å². The minimum Gasteiger partial charge on any atom is -0.465 e. The number of hydrogen-bond acceptors (Lipinski definition) is 5. The fraction of sp³-hybridized carbons (Fsp3) is 0.200. The van der Waals surface area contributed by atoms with Crippen LogP contribution in [0.15, 0.2) is 63.5 Å². The summed E-state index contributed by atoms with van der Waals surface area (Å²) in [6.45, 7) is 1.26. The molecular formula is C20H18N2O2S3. The van der Waals surface area contributed by atoms with Gasteiger partial charge < -0.3 is 9.32 Å². The molecule has 1 saturated heterocycles. The van der Waals surface area contributed by atoms with Crippen LogP contribution in [-0.2, 0) is 17.6 Å². The molecule has 1 fully saturated rings. The highest BCUT2D eigenvalue weighted by molar-refractivity contribution is 7.80. The number of hydrogen-bond donors (Lipinski definition) is 0. The van der Waals surface area contributed by atoms with Gasteiger partial charge in [-0.25, -0.2) is 0 Å². The lowest BCUT2D eigenvalue weighted by atomic mass is 10.2. The van der Waals surface area contributed by atoms with Gasteiger partial charge in [-0.1, -0.05) is 12.1 Å². The van der Waals surface area contributed by atoms with E-state index < -0.39 is 0 Å². The molecule has 0 atom stereocenters. The molecule has 1 amide bonds. The minimum absolute atomic E-state index is 0.0564. The minimum atomic E-state index is -0.0564. The monoisotopic (exact) mass is 414 g/mol. The summed E-state index contributed by atoms with van der Waals surface area (Å²) in [4.78, 5) is 19.2. The Labute approximate surface area is 171 Å². The van der Waals surface area contributed by atoms with Gasteiger partial charge in [0.05, 0.1) is 6.26 Å². The van der Waals surface area contributed by atoms with Gasteiger partial charge >= 0.3 is 0 Å². The zero-order chi connectivity index (χ0) is 18.6. The third kappa shape index (κ3) is 4.05. The highest BCUT2D eigenvalue weighted by Gasteiger charge is 2.37. The fourth-order valence-corrected chi connectivity index (χ4v) is 4.76. The van der Waals surface area contributed by atoms with E-state index in [0.717, 1.165) is 12.8 Å². The maximum absolute atomic E-state index is 13.1. The summed E-state index contributed by atoms with van der Waals surface area (Å²) in [7, 11) is 0. The molecule has 0 saturated carbocycles. The van der Waals surface area contributed by atoms with Crippen LogP contribution in [0.25, 0.3) is 6.08 Å². The van der Waals surface area contributed by atoms with Gasteiger partial charge in [0.2, 0.25) is 0 Å². The molecule has 0 unspecified atom stereocenters. The molecule has 3 aromatic heterocycles. The standard InChI is InChI=1S/C20H18N2O2S3/c23-19-18(14-15-4-1-11-24-15)21(9-7-16-5-2-12-26-16)20(25)22(19)10-8-17-6-3-13-27-17/h1-6,11-14H,7-10H2. The molecule has 4 heterocycles. The van der Waals surface area contributed by atoms with E-state index in [1.165, 1.54) is 9.75 Å². The third-order valence-corrected chi connectivity index (χ3v) is 6.68. The Bertz CT molecular complexity index is 928. The van der Waals surface area contributed by atoms with Crippen molar-refractivity contribution < 1.29 is 9.21 Å². The molecule has 27 heavy (non-hydrogen) atoms. The van der Waals surface area contributed by atoms with E-state index in [2.05, 4.69) is 22.9 Å². The van der Waals surface area contributed by atoms with Crippen LogP contribution < -0.4 is 0 Å². The Morgan fingerprint density at radius 2 is 1.63 bits per heavy atom. The fourth-order valence-electron chi connectivity index (χ4n) is 3.00. The number of rotatable bonds is 7. The van der Waals surface area contributed by atoms with Crippen LogP contribution in [0.2, 0.25) is 0 Å². The van der Waals surface area contributed by atoms with Crippen molar-refractivity contribution in [2.24, 2.45) is 0 Å². The van der Waals surface area contributed by atoms with Gasteiger partial charge in [0.1, 0.15) is 11.5 Å². The highest BCUT2D eigenvalue weighted by atomic mass is 32.1. The maximum Gasteiger partial charge on any atom is 0.276 e. The Morgan fingerprint density at radius 1 is 0.963 bits per heavy atom. The van der Waals surface area contributed by atoms with Crippen molar-refractivity contribution in [2.75, 3.05) is 13.1 Å². The van der Waals surface area contributed by atoms with E-state index in [1.54, 1.807) is 39.9 Å². The van der Waals surface area contributed by atoms with Crippen LogP contribution in [-0.4, -0.2) is 33.9 Å². The zero-order valence-corrected chi connectivity index (χ0v) is 17.0. The summed E-state index contributed by atoms with van der Waals surface area (Å²) in [6, 6.07) is 11.9. The van der Waals surface area contributed by atoms with Crippen molar-refractivity contribution in [3.05, 3.63) is 74.6 Å². The predicted octanol–water partition coefficient (Wildman–Crippen LogP) is 4.66. The van der Waals surface area contributed by atoms with Gasteiger partial charge in [0.25, 0.3) is 5.91 Å². The number of carbonyl (C=O) groups excluding carboxylic acids is 1. The summed E-state index contributed by atoms with van der Waals surface area (Å²) < 4.78 is 5.42. The molecule has 1 aliphatic heterocycles. The smallest absolute Gasteiger partial charge is 0.276 e. The molecular weight excluding hydrogens is 396 g/mol. The van der Waals surface area contributed by atoms with Crippen LogP contribution in [0.5, 0.6) is 0 Å². The quantitative estimate of drug-likeness (QED) is 0.416. The number of thiocarbonyl (C=S) groups is 1. The van der Waals surface area contributed by atoms with E-state index >= 15 is 0 Å². The molecule has 0 bridgehead atoms. The number of nitrogens with zero attached hydrogens (tertiary/aromatic N) is 2. The first-order chi connectivity index (χ1) is 13.2. The zero-order valence-electron chi connectivity index (χ0n) is 14.5. The van der Waals surface area contributed by atoms with Crippen LogP contribution >= 0.6 is 34.9 Å². The van der Waals surface area contributed by atoms with Gasteiger partial charge in [0.15, 0.2) is 5.11 Å². The van der Waals surface area contributed by atoms with Crippen LogP contribution in [0.1, 0.15) is 15.5 Å². The largest absolute Gasteiger partial charge is 0.465 e. The highest BCUT2D eigenvalue weighted by Crippen LogP contribution is 2.26. The van der Waals surface area contributed by atoms with Gasteiger partial charge in [-0.3, -0.25) is 9.69 Å². The first-order valence-electron chi connectivity index (χ1n) is 8.66. The molecule has 0 aromatic carbocycles. The van der Waals surface area contributed by atoms with Crippen molar-refractivity contribution in [2.45, 2.75) is 12.8 Å². The molecule has 0 N–H and O–H groups in total. The van der Waals surface area contributed by atoms with Gasteiger partial charge in [-0.05, 0) is 60.1 Å². The topological polar surface area (TPSA) is 36.7 Å². The van der Waals surface area contributed by atoms with E-state index in [9.17, 15) is 4.79 Å². The number of amides is 1. The molecule has 0 spiro atoms. The van der Waals surface area contributed by atoms with Crippen molar-refractivity contribution in [3.63, 3.8) is 0 Å². The second kappa shape index (κ2) is 8.21. The van der Waals surface area contributed by atoms with Gasteiger partial charge in [0, 0.05) is 28.9 Å². The second-order valence-corrected chi connectivity index (χ2v) is 8.52. The number of thiophene rings is 2. The Morgan fingerprint density at radius 3 is 2.19 bits per heavy atom. The molecule has 0 radical (unpaired) electrons. The summed E-state index contributed by atoms with van der Waals surface area (Å²) in [6.07, 6.45) is 5.04. The summed E-state index contributed by atoms with van der Waals surface area (Å²) in [5.74, 6) is 0.599. The predicted molar refractivity (Wildman–Crippen MR) is 114 cm³/mol. The number of furan rings is 1. The van der Waals surface area contributed by atoms with Crippen LogP contribution in [0, 0.1) is 0 Å². The maximum atomic E-state index is 13.1. The molecule has 7 heteroatoms. The first kappa shape index (κ1) is 18.2. The Kier molecular flexibility index (Phi) is 5.52. The number of carbonyl (C=O) groups is 1. The molecule has 1 aliphatic rings. The lowest BCUT2D eigenvalue weighted by molar-refractivity contribution is -0.122. The summed E-state index contributed by atoms with van der Waals surface area (Å²) in [5.41, 5.74) is 0.581. The van der Waals surface area contributed by atoms with E-state index in [0.29, 0.717) is 29.7 Å². The van der Waals surface area contributed by atoms with Crippen molar-refractivity contribution >= 4 is 52.0 Å². The first-order valence-corrected chi connectivity index (χ1v) is 10.8. The Balaban J connectivity index is 1.55. The lowest BCUT2D eigenvalue weighted by Gasteiger charge is -2.19. The molecule has 4 nitrogen and oxygen atoms in total. The normalized spacial score (nSPS) is 16.1. The SMILES string of the molecule is O=C1C(=Cc2ccco2)N(CCc2cccs2)C(=S)N1CCc1cccs1.